The van der Waals surface area contributed by atoms with Gasteiger partial charge < -0.3 is 4.90 Å². The second-order valence-corrected chi connectivity index (χ2v) is 10.5. The summed E-state index contributed by atoms with van der Waals surface area (Å²) in [4.78, 5) is 26.3. The summed E-state index contributed by atoms with van der Waals surface area (Å²) in [5, 5.41) is 4.88. The van der Waals surface area contributed by atoms with Crippen molar-refractivity contribution in [2.75, 3.05) is 18.0 Å². The van der Waals surface area contributed by atoms with Gasteiger partial charge in [0.05, 0.1) is 17.1 Å². The van der Waals surface area contributed by atoms with E-state index in [1.807, 2.05) is 0 Å². The second kappa shape index (κ2) is 12.0. The lowest BCUT2D eigenvalue weighted by Crippen LogP contribution is -2.30. The third-order valence-corrected chi connectivity index (χ3v) is 7.49. The number of rotatable bonds is 12. The van der Waals surface area contributed by atoms with Gasteiger partial charge in [0, 0.05) is 29.8 Å². The van der Waals surface area contributed by atoms with Crippen LogP contribution in [0.25, 0.3) is 0 Å². The maximum absolute atomic E-state index is 13.7. The molecular weight excluding hydrogens is 446 g/mol. The zero-order valence-electron chi connectivity index (χ0n) is 23.7. The second-order valence-electron chi connectivity index (χ2n) is 10.5. The van der Waals surface area contributed by atoms with Crippen molar-refractivity contribution < 1.29 is 0 Å². The standard InChI is InChI=1S/C30H45N5O/c1-9-14-16-23-25(17-15-10-2)32-28-26(27(30(7,8)11-3)33-35(28)29(23)36)31-24-19-18-22(20-21(24)6)34(12-4)13-5/h18-20H,9-17H2,1-8H3. The molecule has 6 nitrogen and oxygen atoms in total. The van der Waals surface area contributed by atoms with Crippen molar-refractivity contribution in [3.8, 4) is 0 Å². The van der Waals surface area contributed by atoms with Crippen LogP contribution in [0.3, 0.4) is 0 Å². The van der Waals surface area contributed by atoms with Gasteiger partial charge in [0.2, 0.25) is 0 Å². The van der Waals surface area contributed by atoms with Crippen molar-refractivity contribution >= 4 is 22.8 Å². The van der Waals surface area contributed by atoms with E-state index in [1.54, 1.807) is 0 Å². The molecule has 196 valence electrons. The van der Waals surface area contributed by atoms with Crippen LogP contribution < -0.4 is 10.5 Å². The van der Waals surface area contributed by atoms with Crippen molar-refractivity contribution in [2.24, 2.45) is 15.5 Å². The summed E-state index contributed by atoms with van der Waals surface area (Å²) in [6.07, 6.45) is 6.56. The fourth-order valence-electron chi connectivity index (χ4n) is 4.64. The summed E-state index contributed by atoms with van der Waals surface area (Å²) in [5.74, 6) is 0.593. The fraction of sp³-hybridized carbons (Fsp3) is 0.600. The van der Waals surface area contributed by atoms with Crippen molar-refractivity contribution in [3.63, 3.8) is 0 Å². The summed E-state index contributed by atoms with van der Waals surface area (Å²) in [6.45, 7) is 19.2. The Bertz CT molecular complexity index is 1180. The highest BCUT2D eigenvalue weighted by atomic mass is 16.1. The first kappa shape index (κ1) is 27.8. The van der Waals surface area contributed by atoms with Crippen molar-refractivity contribution in [1.29, 1.82) is 0 Å². The number of fused-ring (bicyclic) bond motifs is 1. The van der Waals surface area contributed by atoms with E-state index in [0.29, 0.717) is 5.82 Å². The minimum absolute atomic E-state index is 0.0252. The topological polar surface area (TPSA) is 62.9 Å². The number of aromatic nitrogens is 2. The maximum atomic E-state index is 13.7. The predicted octanol–water partition coefficient (Wildman–Crippen LogP) is 6.86. The number of unbranched alkanes of at least 4 members (excludes halogenated alkanes) is 2. The molecule has 0 bridgehead atoms. The number of nitrogens with zero attached hydrogens (tertiary/aromatic N) is 5. The van der Waals surface area contributed by atoms with Gasteiger partial charge in [-0.25, -0.2) is 9.98 Å². The first-order valence-corrected chi connectivity index (χ1v) is 13.9. The first-order valence-electron chi connectivity index (χ1n) is 13.9. The molecule has 0 unspecified atom stereocenters. The summed E-state index contributed by atoms with van der Waals surface area (Å²) < 4.78 is 1.53. The Morgan fingerprint density at radius 3 is 2.25 bits per heavy atom. The molecule has 0 radical (unpaired) electrons. The Labute approximate surface area is 217 Å². The predicted molar refractivity (Wildman–Crippen MR) is 154 cm³/mol. The molecule has 1 aromatic heterocycles. The Morgan fingerprint density at radius 1 is 1.00 bits per heavy atom. The quantitative estimate of drug-likeness (QED) is 0.326. The van der Waals surface area contributed by atoms with E-state index in [-0.39, 0.29) is 11.0 Å². The normalized spacial score (nSPS) is 14.3. The molecule has 0 N–H and O–H groups in total. The molecule has 0 saturated heterocycles. The van der Waals surface area contributed by atoms with Crippen LogP contribution >= 0.6 is 0 Å². The van der Waals surface area contributed by atoms with Crippen LogP contribution in [0.15, 0.2) is 33.1 Å². The lowest BCUT2D eigenvalue weighted by molar-refractivity contribution is 0.505. The molecule has 2 heterocycles. The average Bonchev–Trinajstić information content (AvgIpc) is 3.23. The third-order valence-electron chi connectivity index (χ3n) is 7.49. The molecule has 1 aliphatic heterocycles. The summed E-state index contributed by atoms with van der Waals surface area (Å²) in [5.41, 5.74) is 6.27. The molecule has 0 atom stereocenters. The van der Waals surface area contributed by atoms with Crippen molar-refractivity contribution in [3.05, 3.63) is 51.2 Å². The van der Waals surface area contributed by atoms with E-state index in [0.717, 1.165) is 92.0 Å². The van der Waals surface area contributed by atoms with Crippen LogP contribution in [0, 0.1) is 12.3 Å². The third kappa shape index (κ3) is 5.63. The number of anilines is 1. The number of hydrogen-bond acceptors (Lipinski definition) is 5. The molecule has 1 aliphatic rings. The van der Waals surface area contributed by atoms with E-state index in [1.165, 1.54) is 10.4 Å². The molecule has 0 aliphatic carbocycles. The largest absolute Gasteiger partial charge is 0.372 e. The highest BCUT2D eigenvalue weighted by Crippen LogP contribution is 2.31. The van der Waals surface area contributed by atoms with Gasteiger partial charge in [-0.2, -0.15) is 9.78 Å². The molecule has 36 heavy (non-hydrogen) atoms. The Balaban J connectivity index is 2.21. The zero-order chi connectivity index (χ0) is 26.5. The van der Waals surface area contributed by atoms with E-state index in [4.69, 9.17) is 15.1 Å². The summed E-state index contributed by atoms with van der Waals surface area (Å²) in [6, 6.07) is 6.42. The van der Waals surface area contributed by atoms with E-state index in [2.05, 4.69) is 78.5 Å². The van der Waals surface area contributed by atoms with Gasteiger partial charge in [0.15, 0.2) is 5.82 Å². The molecule has 0 fully saturated rings. The molecule has 3 rings (SSSR count). The minimum Gasteiger partial charge on any atom is -0.372 e. The first-order chi connectivity index (χ1) is 17.2. The van der Waals surface area contributed by atoms with Crippen LogP contribution in [-0.2, 0) is 12.8 Å². The van der Waals surface area contributed by atoms with Gasteiger partial charge in [-0.15, -0.1) is 0 Å². The molecular formula is C30H45N5O. The molecule has 2 aromatic rings. The van der Waals surface area contributed by atoms with Crippen LogP contribution in [0.2, 0.25) is 0 Å². The average molecular weight is 492 g/mol. The van der Waals surface area contributed by atoms with Crippen LogP contribution in [0.4, 0.5) is 11.4 Å². The zero-order valence-corrected chi connectivity index (χ0v) is 23.7. The SMILES string of the molecule is CCCCc1nc2n(c(=O)c1CCCC)N=C(C(C)(C)CC)C2=Nc1ccc(N(CC)CC)cc1C. The highest BCUT2D eigenvalue weighted by Gasteiger charge is 2.36. The van der Waals surface area contributed by atoms with Gasteiger partial charge in [-0.05, 0) is 76.6 Å². The lowest BCUT2D eigenvalue weighted by atomic mass is 9.82. The summed E-state index contributed by atoms with van der Waals surface area (Å²) >= 11 is 0. The Morgan fingerprint density at radius 2 is 1.67 bits per heavy atom. The summed E-state index contributed by atoms with van der Waals surface area (Å²) in [7, 11) is 0. The van der Waals surface area contributed by atoms with E-state index >= 15 is 0 Å². The number of benzene rings is 1. The number of hydrogen-bond donors (Lipinski definition) is 0. The molecule has 0 saturated carbocycles. The monoisotopic (exact) mass is 491 g/mol. The Kier molecular flexibility index (Phi) is 9.26. The fourth-order valence-corrected chi connectivity index (χ4v) is 4.64. The van der Waals surface area contributed by atoms with Crippen LogP contribution in [-0.4, -0.2) is 34.2 Å². The van der Waals surface area contributed by atoms with Crippen LogP contribution in [0.1, 0.15) is 103 Å². The molecule has 0 spiro atoms. The minimum atomic E-state index is -0.235. The van der Waals surface area contributed by atoms with Gasteiger partial charge in [0.1, 0.15) is 5.71 Å². The van der Waals surface area contributed by atoms with Gasteiger partial charge in [-0.3, -0.25) is 4.79 Å². The van der Waals surface area contributed by atoms with E-state index < -0.39 is 0 Å². The van der Waals surface area contributed by atoms with Crippen molar-refractivity contribution in [2.45, 2.75) is 100 Å². The molecule has 0 amide bonds. The van der Waals surface area contributed by atoms with Crippen molar-refractivity contribution in [1.82, 2.24) is 9.66 Å². The smallest absolute Gasteiger partial charge is 0.277 e. The van der Waals surface area contributed by atoms with Gasteiger partial charge >= 0.3 is 0 Å². The molecule has 1 aromatic carbocycles. The van der Waals surface area contributed by atoms with Gasteiger partial charge in [0.25, 0.3) is 5.56 Å². The highest BCUT2D eigenvalue weighted by molar-refractivity contribution is 6.50. The lowest BCUT2D eigenvalue weighted by Gasteiger charge is -2.23. The molecule has 6 heteroatoms. The van der Waals surface area contributed by atoms with Gasteiger partial charge in [-0.1, -0.05) is 47.5 Å². The number of aliphatic imine (C=N–C) groups is 1. The Hall–Kier alpha value is -2.76. The maximum Gasteiger partial charge on any atom is 0.277 e. The number of aryl methyl sites for hydroxylation is 2. The van der Waals surface area contributed by atoms with E-state index in [9.17, 15) is 4.79 Å². The van der Waals surface area contributed by atoms with Crippen LogP contribution in [0.5, 0.6) is 0 Å².